The molecule has 0 aromatic heterocycles. The Balaban J connectivity index is 2.50. The average Bonchev–Trinajstić information content (AvgIpc) is 2.83. The third-order valence-electron chi connectivity index (χ3n) is 6.12. The Morgan fingerprint density at radius 3 is 2.11 bits per heavy atom. The second kappa shape index (κ2) is 13.3. The lowest BCUT2D eigenvalue weighted by Gasteiger charge is -2.35. The zero-order valence-electron chi connectivity index (χ0n) is 24.2. The molecular formula is C30H43N3O5. The quantitative estimate of drug-likeness (QED) is 0.410. The minimum atomic E-state index is -0.912. The zero-order valence-corrected chi connectivity index (χ0v) is 24.2. The van der Waals surface area contributed by atoms with E-state index in [1.54, 1.807) is 57.0 Å². The molecule has 38 heavy (non-hydrogen) atoms. The zero-order chi connectivity index (χ0) is 28.6. The van der Waals surface area contributed by atoms with Crippen LogP contribution in [0, 0.1) is 19.8 Å². The summed E-state index contributed by atoms with van der Waals surface area (Å²) in [5, 5.41) is 5.70. The molecule has 0 aliphatic carbocycles. The van der Waals surface area contributed by atoms with Crippen molar-refractivity contribution in [3.05, 3.63) is 59.2 Å². The average molecular weight is 526 g/mol. The van der Waals surface area contributed by atoms with E-state index in [0.29, 0.717) is 30.0 Å². The summed E-state index contributed by atoms with van der Waals surface area (Å²) in [6, 6.07) is 11.0. The van der Waals surface area contributed by atoms with Crippen molar-refractivity contribution in [3.63, 3.8) is 0 Å². The SMILES string of the molecule is CCCN(C(=O)C(NC(=O)OC(C)(C)C)C(C)C)C(C(=O)Nc1ccc(OC)cc1)c1ccc(C)c(C)c1. The number of hydrogen-bond acceptors (Lipinski definition) is 5. The van der Waals surface area contributed by atoms with E-state index in [1.807, 2.05) is 52.8 Å². The topological polar surface area (TPSA) is 97.0 Å². The van der Waals surface area contributed by atoms with Gasteiger partial charge in [-0.15, -0.1) is 0 Å². The molecular weight excluding hydrogens is 482 g/mol. The molecule has 8 heteroatoms. The van der Waals surface area contributed by atoms with Crippen LogP contribution in [0.2, 0.25) is 0 Å². The number of benzene rings is 2. The fourth-order valence-electron chi connectivity index (χ4n) is 4.03. The van der Waals surface area contributed by atoms with Crippen molar-refractivity contribution in [2.24, 2.45) is 5.92 Å². The van der Waals surface area contributed by atoms with Crippen LogP contribution in [0.1, 0.15) is 70.7 Å². The Morgan fingerprint density at radius 2 is 1.61 bits per heavy atom. The summed E-state index contributed by atoms with van der Waals surface area (Å²) >= 11 is 0. The molecule has 0 heterocycles. The van der Waals surface area contributed by atoms with E-state index in [2.05, 4.69) is 10.6 Å². The molecule has 0 aliphatic rings. The number of carbonyl (C=O) groups excluding carboxylic acids is 3. The van der Waals surface area contributed by atoms with Crippen LogP contribution in [-0.4, -0.2) is 48.1 Å². The first-order valence-corrected chi connectivity index (χ1v) is 13.1. The van der Waals surface area contributed by atoms with Crippen molar-refractivity contribution >= 4 is 23.6 Å². The number of hydrogen-bond donors (Lipinski definition) is 2. The fourth-order valence-corrected chi connectivity index (χ4v) is 4.03. The van der Waals surface area contributed by atoms with Gasteiger partial charge in [-0.05, 0) is 87.9 Å². The molecule has 2 aromatic carbocycles. The van der Waals surface area contributed by atoms with Gasteiger partial charge in [0.25, 0.3) is 5.91 Å². The van der Waals surface area contributed by atoms with Crippen molar-refractivity contribution < 1.29 is 23.9 Å². The van der Waals surface area contributed by atoms with E-state index in [0.717, 1.165) is 11.1 Å². The number of anilines is 1. The highest BCUT2D eigenvalue weighted by atomic mass is 16.6. The highest BCUT2D eigenvalue weighted by molar-refractivity contribution is 5.99. The standard InChI is InChI=1S/C30H43N3O5/c1-10-17-33(28(35)25(19(2)3)32-29(36)38-30(6,7)8)26(22-12-11-20(4)21(5)18-22)27(34)31-23-13-15-24(37-9)16-14-23/h11-16,18-19,25-26H,10,17H2,1-9H3,(H,31,34)(H,32,36). The summed E-state index contributed by atoms with van der Waals surface area (Å²) in [5.41, 5.74) is 2.67. The fraction of sp³-hybridized carbons (Fsp3) is 0.500. The number of methoxy groups -OCH3 is 1. The summed E-state index contributed by atoms with van der Waals surface area (Å²) in [6.45, 7) is 15.3. The van der Waals surface area contributed by atoms with Gasteiger partial charge in [-0.2, -0.15) is 0 Å². The van der Waals surface area contributed by atoms with Crippen LogP contribution >= 0.6 is 0 Å². The number of alkyl carbamates (subject to hydrolysis) is 1. The molecule has 0 bridgehead atoms. The molecule has 2 atom stereocenters. The number of nitrogens with one attached hydrogen (secondary N) is 2. The maximum atomic E-state index is 14.0. The summed E-state index contributed by atoms with van der Waals surface area (Å²) in [7, 11) is 1.58. The van der Waals surface area contributed by atoms with Crippen LogP contribution in [0.15, 0.2) is 42.5 Å². The molecule has 0 fully saturated rings. The molecule has 3 amide bonds. The predicted molar refractivity (Wildman–Crippen MR) is 150 cm³/mol. The van der Waals surface area contributed by atoms with E-state index < -0.39 is 23.8 Å². The highest BCUT2D eigenvalue weighted by Gasteiger charge is 2.37. The van der Waals surface area contributed by atoms with Gasteiger partial charge in [-0.25, -0.2) is 4.79 Å². The molecule has 2 rings (SSSR count). The van der Waals surface area contributed by atoms with Crippen LogP contribution < -0.4 is 15.4 Å². The predicted octanol–water partition coefficient (Wildman–Crippen LogP) is 5.78. The molecule has 8 nitrogen and oxygen atoms in total. The number of aryl methyl sites for hydroxylation is 2. The van der Waals surface area contributed by atoms with Crippen molar-refractivity contribution in [1.82, 2.24) is 10.2 Å². The van der Waals surface area contributed by atoms with Crippen molar-refractivity contribution in [2.75, 3.05) is 19.0 Å². The molecule has 2 unspecified atom stereocenters. The van der Waals surface area contributed by atoms with Gasteiger partial charge >= 0.3 is 6.09 Å². The third-order valence-corrected chi connectivity index (χ3v) is 6.12. The van der Waals surface area contributed by atoms with E-state index >= 15 is 0 Å². The summed E-state index contributed by atoms with van der Waals surface area (Å²) in [4.78, 5) is 42.1. The van der Waals surface area contributed by atoms with Crippen molar-refractivity contribution in [1.29, 1.82) is 0 Å². The van der Waals surface area contributed by atoms with Crippen LogP contribution in [0.25, 0.3) is 0 Å². The van der Waals surface area contributed by atoms with Crippen LogP contribution in [0.3, 0.4) is 0 Å². The van der Waals surface area contributed by atoms with E-state index in [4.69, 9.17) is 9.47 Å². The van der Waals surface area contributed by atoms with Crippen LogP contribution in [0.4, 0.5) is 10.5 Å². The summed E-state index contributed by atoms with van der Waals surface area (Å²) in [6.07, 6.45) is -0.0495. The highest BCUT2D eigenvalue weighted by Crippen LogP contribution is 2.28. The molecule has 0 saturated carbocycles. The molecule has 208 valence electrons. The lowest BCUT2D eigenvalue weighted by Crippen LogP contribution is -2.54. The van der Waals surface area contributed by atoms with Gasteiger partial charge in [0.2, 0.25) is 5.91 Å². The van der Waals surface area contributed by atoms with Crippen molar-refractivity contribution in [3.8, 4) is 5.75 Å². The maximum Gasteiger partial charge on any atom is 0.408 e. The minimum Gasteiger partial charge on any atom is -0.497 e. The normalized spacial score (nSPS) is 12.9. The molecule has 0 spiro atoms. The van der Waals surface area contributed by atoms with Gasteiger partial charge in [0.1, 0.15) is 23.4 Å². The maximum absolute atomic E-state index is 14.0. The number of amides is 3. The minimum absolute atomic E-state index is 0.237. The van der Waals surface area contributed by atoms with E-state index in [9.17, 15) is 14.4 Å². The Bertz CT molecular complexity index is 1110. The van der Waals surface area contributed by atoms with Gasteiger partial charge in [0.15, 0.2) is 0 Å². The first kappa shape index (κ1) is 30.7. The number of ether oxygens (including phenoxy) is 2. The molecule has 0 aliphatic heterocycles. The Labute approximate surface area is 227 Å². The number of nitrogens with zero attached hydrogens (tertiary/aromatic N) is 1. The number of rotatable bonds is 10. The Morgan fingerprint density at radius 1 is 0.974 bits per heavy atom. The number of carbonyl (C=O) groups is 3. The summed E-state index contributed by atoms with van der Waals surface area (Å²) in [5.74, 6) is -0.260. The molecule has 0 radical (unpaired) electrons. The van der Waals surface area contributed by atoms with Crippen LogP contribution in [0.5, 0.6) is 5.75 Å². The second-order valence-electron chi connectivity index (χ2n) is 10.9. The Kier molecular flexibility index (Phi) is 10.7. The lowest BCUT2D eigenvalue weighted by atomic mass is 9.96. The molecule has 2 N–H and O–H groups in total. The second-order valence-corrected chi connectivity index (χ2v) is 10.9. The third kappa shape index (κ3) is 8.50. The van der Waals surface area contributed by atoms with Crippen LogP contribution in [-0.2, 0) is 14.3 Å². The van der Waals surface area contributed by atoms with Crippen molar-refractivity contribution in [2.45, 2.75) is 79.5 Å². The van der Waals surface area contributed by atoms with Gasteiger partial charge in [0.05, 0.1) is 7.11 Å². The molecule has 2 aromatic rings. The van der Waals surface area contributed by atoms with E-state index in [1.165, 1.54) is 0 Å². The Hall–Kier alpha value is -3.55. The van der Waals surface area contributed by atoms with Gasteiger partial charge in [0, 0.05) is 12.2 Å². The van der Waals surface area contributed by atoms with E-state index in [-0.39, 0.29) is 17.7 Å². The first-order chi connectivity index (χ1) is 17.8. The summed E-state index contributed by atoms with van der Waals surface area (Å²) < 4.78 is 10.6. The van der Waals surface area contributed by atoms with Gasteiger partial charge in [-0.3, -0.25) is 9.59 Å². The monoisotopic (exact) mass is 525 g/mol. The smallest absolute Gasteiger partial charge is 0.408 e. The first-order valence-electron chi connectivity index (χ1n) is 13.1. The molecule has 0 saturated heterocycles. The largest absolute Gasteiger partial charge is 0.497 e. The lowest BCUT2D eigenvalue weighted by molar-refractivity contribution is -0.141. The van der Waals surface area contributed by atoms with Gasteiger partial charge < -0.3 is 25.0 Å². The van der Waals surface area contributed by atoms with Gasteiger partial charge in [-0.1, -0.05) is 39.0 Å².